The molecule has 3 aromatic carbocycles. The van der Waals surface area contributed by atoms with Crippen LogP contribution in [0.25, 0.3) is 11.1 Å². The molecule has 2 unspecified atom stereocenters. The van der Waals surface area contributed by atoms with E-state index in [0.29, 0.717) is 18.4 Å². The van der Waals surface area contributed by atoms with Crippen LogP contribution < -0.4 is 0 Å². The van der Waals surface area contributed by atoms with Crippen LogP contribution >= 0.6 is 0 Å². The molecular formula is C31H28F3NO3. The van der Waals surface area contributed by atoms with E-state index < -0.39 is 17.7 Å². The van der Waals surface area contributed by atoms with Crippen LogP contribution in [-0.2, 0) is 10.9 Å². The number of aryl methyl sites for hydroxylation is 1. The molecule has 196 valence electrons. The van der Waals surface area contributed by atoms with Crippen molar-refractivity contribution in [2.24, 2.45) is 5.92 Å². The van der Waals surface area contributed by atoms with Gasteiger partial charge in [-0.2, -0.15) is 13.2 Å². The molecule has 6 rings (SSSR count). The number of carbonyl (C=O) groups is 2. The summed E-state index contributed by atoms with van der Waals surface area (Å²) in [5.41, 5.74) is 4.45. The van der Waals surface area contributed by atoms with E-state index in [1.54, 1.807) is 11.8 Å². The summed E-state index contributed by atoms with van der Waals surface area (Å²) in [5.74, 6) is -0.711. The first-order valence-electron chi connectivity index (χ1n) is 13.1. The van der Waals surface area contributed by atoms with Crippen LogP contribution in [0.15, 0.2) is 66.7 Å². The summed E-state index contributed by atoms with van der Waals surface area (Å²) in [6.07, 6.45) is -2.47. The minimum Gasteiger partial charge on any atom is -0.448 e. The Morgan fingerprint density at radius 1 is 0.895 bits per heavy atom. The largest absolute Gasteiger partial charge is 0.448 e. The highest BCUT2D eigenvalue weighted by Crippen LogP contribution is 2.45. The first kappa shape index (κ1) is 24.7. The standard InChI is InChI=1S/C31H28F3NO3/c1-18-10-11-20(31(32,33)34)16-27(18)29(36)19-14-21-12-13-22(15-19)35(21)30(37)38-17-28-25-8-4-2-6-23(25)24-7-3-5-9-26(24)28/h2-11,16,19,21-22,28H,12-15,17H2,1H3. The summed E-state index contributed by atoms with van der Waals surface area (Å²) >= 11 is 0. The zero-order chi connectivity index (χ0) is 26.6. The molecule has 7 heteroatoms. The second kappa shape index (κ2) is 9.29. The van der Waals surface area contributed by atoms with Gasteiger partial charge < -0.3 is 9.64 Å². The van der Waals surface area contributed by atoms with Crippen molar-refractivity contribution in [2.45, 2.75) is 56.8 Å². The van der Waals surface area contributed by atoms with Gasteiger partial charge in [0.1, 0.15) is 6.61 Å². The Hall–Kier alpha value is -3.61. The van der Waals surface area contributed by atoms with Gasteiger partial charge in [0.2, 0.25) is 0 Å². The second-order valence-corrected chi connectivity index (χ2v) is 10.7. The summed E-state index contributed by atoms with van der Waals surface area (Å²) in [4.78, 5) is 28.4. The lowest BCUT2D eigenvalue weighted by molar-refractivity contribution is -0.137. The van der Waals surface area contributed by atoms with Gasteiger partial charge in [-0.05, 0) is 72.6 Å². The Morgan fingerprint density at radius 2 is 1.47 bits per heavy atom. The zero-order valence-electron chi connectivity index (χ0n) is 21.0. The second-order valence-electron chi connectivity index (χ2n) is 10.7. The summed E-state index contributed by atoms with van der Waals surface area (Å²) in [6.45, 7) is 1.89. The number of benzene rings is 3. The molecule has 1 aliphatic carbocycles. The molecule has 0 spiro atoms. The SMILES string of the molecule is Cc1ccc(C(F)(F)F)cc1C(=O)C1CC2CCC(C1)N2C(=O)OCC1c2ccccc2-c2ccccc21. The highest BCUT2D eigenvalue weighted by Gasteiger charge is 2.46. The molecule has 4 nitrogen and oxygen atoms in total. The zero-order valence-corrected chi connectivity index (χ0v) is 21.0. The summed E-state index contributed by atoms with van der Waals surface area (Å²) in [5, 5.41) is 0. The first-order valence-corrected chi connectivity index (χ1v) is 13.1. The summed E-state index contributed by atoms with van der Waals surface area (Å²) in [7, 11) is 0. The fourth-order valence-electron chi connectivity index (χ4n) is 6.64. The molecule has 0 radical (unpaired) electrons. The first-order chi connectivity index (χ1) is 18.2. The average molecular weight is 520 g/mol. The molecule has 0 saturated carbocycles. The van der Waals surface area contributed by atoms with Crippen LogP contribution in [0.1, 0.15) is 64.2 Å². The Bertz CT molecular complexity index is 1360. The number of halogens is 3. The average Bonchev–Trinajstić information content (AvgIpc) is 3.37. The van der Waals surface area contributed by atoms with Gasteiger partial charge in [-0.1, -0.05) is 54.6 Å². The van der Waals surface area contributed by atoms with Gasteiger partial charge in [-0.3, -0.25) is 4.79 Å². The van der Waals surface area contributed by atoms with Crippen LogP contribution in [0.3, 0.4) is 0 Å². The topological polar surface area (TPSA) is 46.6 Å². The van der Waals surface area contributed by atoms with Gasteiger partial charge >= 0.3 is 12.3 Å². The minimum absolute atomic E-state index is 0.0352. The molecule has 0 N–H and O–H groups in total. The monoisotopic (exact) mass is 519 g/mol. The fourth-order valence-corrected chi connectivity index (χ4v) is 6.64. The third kappa shape index (κ3) is 4.18. The van der Waals surface area contributed by atoms with Crippen LogP contribution in [0.5, 0.6) is 0 Å². The third-order valence-corrected chi connectivity index (χ3v) is 8.48. The Balaban J connectivity index is 1.15. The van der Waals surface area contributed by atoms with Crippen LogP contribution in [0.4, 0.5) is 18.0 Å². The molecule has 1 amide bonds. The maximum atomic E-state index is 13.3. The highest BCUT2D eigenvalue weighted by atomic mass is 19.4. The molecule has 3 aliphatic rings. The van der Waals surface area contributed by atoms with E-state index in [2.05, 4.69) is 24.3 Å². The number of Topliss-reactive ketones (excluding diaryl/α,β-unsaturated/α-hetero) is 1. The Labute approximate surface area is 219 Å². The molecule has 2 aliphatic heterocycles. The normalized spacial score (nSPS) is 22.2. The number of rotatable bonds is 4. The number of hydrogen-bond donors (Lipinski definition) is 0. The van der Waals surface area contributed by atoms with E-state index in [0.717, 1.165) is 47.2 Å². The van der Waals surface area contributed by atoms with E-state index in [4.69, 9.17) is 4.74 Å². The maximum Gasteiger partial charge on any atom is 0.416 e. The predicted octanol–water partition coefficient (Wildman–Crippen LogP) is 7.39. The Kier molecular flexibility index (Phi) is 6.04. The van der Waals surface area contributed by atoms with E-state index in [1.165, 1.54) is 6.07 Å². The lowest BCUT2D eigenvalue weighted by Gasteiger charge is -2.38. The fraction of sp³-hybridized carbons (Fsp3) is 0.355. The van der Waals surface area contributed by atoms with Crippen molar-refractivity contribution in [3.8, 4) is 11.1 Å². The van der Waals surface area contributed by atoms with Gasteiger partial charge in [0, 0.05) is 29.5 Å². The van der Waals surface area contributed by atoms with Crippen molar-refractivity contribution >= 4 is 11.9 Å². The van der Waals surface area contributed by atoms with Gasteiger partial charge in [-0.15, -0.1) is 0 Å². The van der Waals surface area contributed by atoms with Gasteiger partial charge in [0.15, 0.2) is 5.78 Å². The number of alkyl halides is 3. The minimum atomic E-state index is -4.50. The number of ether oxygens (including phenoxy) is 1. The van der Waals surface area contributed by atoms with Gasteiger partial charge in [-0.25, -0.2) is 4.79 Å². The van der Waals surface area contributed by atoms with Crippen molar-refractivity contribution in [1.29, 1.82) is 0 Å². The number of hydrogen-bond acceptors (Lipinski definition) is 3. The molecule has 38 heavy (non-hydrogen) atoms. The Morgan fingerprint density at radius 3 is 2.05 bits per heavy atom. The van der Waals surface area contributed by atoms with Gasteiger partial charge in [0.25, 0.3) is 0 Å². The lowest BCUT2D eigenvalue weighted by Crippen LogP contribution is -2.48. The number of carbonyl (C=O) groups excluding carboxylic acids is 2. The summed E-state index contributed by atoms with van der Waals surface area (Å²) in [6, 6.07) is 19.4. The van der Waals surface area contributed by atoms with Crippen molar-refractivity contribution in [2.75, 3.05) is 6.61 Å². The molecule has 2 bridgehead atoms. The maximum absolute atomic E-state index is 13.3. The number of ketones is 1. The quantitative estimate of drug-likeness (QED) is 0.338. The predicted molar refractivity (Wildman–Crippen MR) is 137 cm³/mol. The number of fused-ring (bicyclic) bond motifs is 5. The molecular weight excluding hydrogens is 491 g/mol. The van der Waals surface area contributed by atoms with Crippen LogP contribution in [-0.4, -0.2) is 35.5 Å². The highest BCUT2D eigenvalue weighted by molar-refractivity contribution is 5.99. The molecule has 2 atom stereocenters. The van der Waals surface area contributed by atoms with E-state index >= 15 is 0 Å². The number of amides is 1. The molecule has 2 saturated heterocycles. The smallest absolute Gasteiger partial charge is 0.416 e. The lowest BCUT2D eigenvalue weighted by atomic mass is 9.83. The van der Waals surface area contributed by atoms with Crippen LogP contribution in [0, 0.1) is 12.8 Å². The third-order valence-electron chi connectivity index (χ3n) is 8.48. The number of piperidine rings is 1. The van der Waals surface area contributed by atoms with E-state index in [1.807, 2.05) is 24.3 Å². The van der Waals surface area contributed by atoms with Crippen molar-refractivity contribution in [3.63, 3.8) is 0 Å². The van der Waals surface area contributed by atoms with Crippen molar-refractivity contribution in [3.05, 3.63) is 94.5 Å². The van der Waals surface area contributed by atoms with Crippen molar-refractivity contribution < 1.29 is 27.5 Å². The van der Waals surface area contributed by atoms with Crippen molar-refractivity contribution in [1.82, 2.24) is 4.90 Å². The molecule has 2 heterocycles. The molecule has 2 fully saturated rings. The molecule has 3 aromatic rings. The number of nitrogens with zero attached hydrogens (tertiary/aromatic N) is 1. The summed E-state index contributed by atoms with van der Waals surface area (Å²) < 4.78 is 45.7. The van der Waals surface area contributed by atoms with E-state index in [9.17, 15) is 22.8 Å². The molecule has 0 aromatic heterocycles. The van der Waals surface area contributed by atoms with Crippen LogP contribution in [0.2, 0.25) is 0 Å². The van der Waals surface area contributed by atoms with Gasteiger partial charge in [0.05, 0.1) is 5.56 Å². The van der Waals surface area contributed by atoms with E-state index in [-0.39, 0.29) is 42.0 Å².